The van der Waals surface area contributed by atoms with E-state index in [9.17, 15) is 9.18 Å². The summed E-state index contributed by atoms with van der Waals surface area (Å²) in [4.78, 5) is 16.4. The number of aryl methyl sites for hydroxylation is 1. The Labute approximate surface area is 158 Å². The second-order valence-electron chi connectivity index (χ2n) is 6.52. The van der Waals surface area contributed by atoms with E-state index in [0.717, 1.165) is 34.9 Å². The number of rotatable bonds is 4. The summed E-state index contributed by atoms with van der Waals surface area (Å²) in [7, 11) is 0. The van der Waals surface area contributed by atoms with E-state index in [2.05, 4.69) is 16.3 Å². The van der Waals surface area contributed by atoms with Gasteiger partial charge in [0.25, 0.3) is 0 Å². The van der Waals surface area contributed by atoms with Crippen LogP contribution in [0, 0.1) is 12.7 Å². The number of urea groups is 1. The molecule has 0 atom stereocenters. The van der Waals surface area contributed by atoms with E-state index in [0.29, 0.717) is 26.1 Å². The van der Waals surface area contributed by atoms with Gasteiger partial charge in [0.15, 0.2) is 0 Å². The minimum atomic E-state index is -0.245. The van der Waals surface area contributed by atoms with Crippen LogP contribution >= 0.6 is 11.6 Å². The van der Waals surface area contributed by atoms with Crippen LogP contribution in [0.2, 0.25) is 5.02 Å². The van der Waals surface area contributed by atoms with Crippen molar-refractivity contribution in [1.29, 1.82) is 0 Å². The zero-order valence-electron chi connectivity index (χ0n) is 14.8. The third-order valence-corrected chi connectivity index (χ3v) is 5.10. The smallest absolute Gasteiger partial charge is 0.317 e. The van der Waals surface area contributed by atoms with Crippen LogP contribution in [0.3, 0.4) is 0 Å². The zero-order chi connectivity index (χ0) is 18.5. The van der Waals surface area contributed by atoms with Gasteiger partial charge in [-0.25, -0.2) is 9.18 Å². The first kappa shape index (κ1) is 18.5. The average molecular weight is 376 g/mol. The van der Waals surface area contributed by atoms with Crippen LogP contribution in [0.15, 0.2) is 42.5 Å². The number of amides is 2. The Morgan fingerprint density at radius 1 is 1.12 bits per heavy atom. The fraction of sp³-hybridized carbons (Fsp3) is 0.350. The standard InChI is InChI=1S/C20H23ClFN3O/c1-15-2-7-18(14-19(15)21)24-10-12-25(13-11-24)20(26)23-9-8-16-3-5-17(22)6-4-16/h2-7,14H,8-13H2,1H3,(H,23,26). The van der Waals surface area contributed by atoms with Crippen molar-refractivity contribution in [3.05, 3.63) is 64.4 Å². The van der Waals surface area contributed by atoms with Crippen molar-refractivity contribution < 1.29 is 9.18 Å². The Kier molecular flexibility index (Phi) is 5.99. The van der Waals surface area contributed by atoms with Crippen LogP contribution in [0.1, 0.15) is 11.1 Å². The van der Waals surface area contributed by atoms with Crippen LogP contribution in [-0.4, -0.2) is 43.7 Å². The molecule has 26 heavy (non-hydrogen) atoms. The molecule has 3 rings (SSSR count). The number of carbonyl (C=O) groups is 1. The highest BCUT2D eigenvalue weighted by molar-refractivity contribution is 6.31. The second kappa shape index (κ2) is 8.41. The highest BCUT2D eigenvalue weighted by Crippen LogP contribution is 2.24. The number of piperazine rings is 1. The van der Waals surface area contributed by atoms with E-state index in [1.54, 1.807) is 12.1 Å². The van der Waals surface area contributed by atoms with Crippen LogP contribution in [0.25, 0.3) is 0 Å². The van der Waals surface area contributed by atoms with Crippen molar-refractivity contribution in [2.24, 2.45) is 0 Å². The minimum Gasteiger partial charge on any atom is -0.368 e. The molecule has 2 aromatic carbocycles. The Morgan fingerprint density at radius 3 is 2.46 bits per heavy atom. The number of benzene rings is 2. The molecule has 4 nitrogen and oxygen atoms in total. The lowest BCUT2D eigenvalue weighted by molar-refractivity contribution is 0.194. The molecule has 0 saturated carbocycles. The molecule has 2 aromatic rings. The third kappa shape index (κ3) is 4.67. The molecule has 0 aliphatic carbocycles. The lowest BCUT2D eigenvalue weighted by Gasteiger charge is -2.36. The molecule has 1 aliphatic heterocycles. The summed E-state index contributed by atoms with van der Waals surface area (Å²) in [6, 6.07) is 12.4. The fourth-order valence-corrected chi connectivity index (χ4v) is 3.20. The van der Waals surface area contributed by atoms with Gasteiger partial charge < -0.3 is 15.1 Å². The summed E-state index contributed by atoms with van der Waals surface area (Å²) in [6.07, 6.45) is 0.688. The zero-order valence-corrected chi connectivity index (χ0v) is 15.6. The number of carbonyl (C=O) groups excluding carboxylic acids is 1. The molecular formula is C20H23ClFN3O. The van der Waals surface area contributed by atoms with Crippen molar-refractivity contribution in [2.75, 3.05) is 37.6 Å². The lowest BCUT2D eigenvalue weighted by atomic mass is 10.1. The van der Waals surface area contributed by atoms with Gasteiger partial charge in [-0.2, -0.15) is 0 Å². The SMILES string of the molecule is Cc1ccc(N2CCN(C(=O)NCCc3ccc(F)cc3)CC2)cc1Cl. The van der Waals surface area contributed by atoms with E-state index in [1.807, 2.05) is 24.0 Å². The van der Waals surface area contributed by atoms with Crippen molar-refractivity contribution in [3.8, 4) is 0 Å². The number of nitrogens with zero attached hydrogens (tertiary/aromatic N) is 2. The molecule has 1 heterocycles. The molecule has 1 saturated heterocycles. The Balaban J connectivity index is 1.44. The third-order valence-electron chi connectivity index (χ3n) is 4.69. The second-order valence-corrected chi connectivity index (χ2v) is 6.92. The van der Waals surface area contributed by atoms with Crippen molar-refractivity contribution >= 4 is 23.3 Å². The van der Waals surface area contributed by atoms with Gasteiger partial charge >= 0.3 is 6.03 Å². The van der Waals surface area contributed by atoms with Gasteiger partial charge in [-0.3, -0.25) is 0 Å². The van der Waals surface area contributed by atoms with Crippen LogP contribution in [0.4, 0.5) is 14.9 Å². The van der Waals surface area contributed by atoms with E-state index in [-0.39, 0.29) is 11.8 Å². The molecule has 1 fully saturated rings. The number of hydrogen-bond donors (Lipinski definition) is 1. The van der Waals surface area contributed by atoms with Gasteiger partial charge in [-0.1, -0.05) is 29.8 Å². The summed E-state index contributed by atoms with van der Waals surface area (Å²) in [5.41, 5.74) is 3.17. The molecule has 0 aromatic heterocycles. The van der Waals surface area contributed by atoms with Gasteiger partial charge in [0.2, 0.25) is 0 Å². The highest BCUT2D eigenvalue weighted by Gasteiger charge is 2.21. The predicted molar refractivity (Wildman–Crippen MR) is 103 cm³/mol. The minimum absolute atomic E-state index is 0.0475. The maximum atomic E-state index is 12.9. The van der Waals surface area contributed by atoms with Crippen LogP contribution in [-0.2, 0) is 6.42 Å². The molecule has 1 aliphatic rings. The molecule has 6 heteroatoms. The Bertz CT molecular complexity index is 758. The highest BCUT2D eigenvalue weighted by atomic mass is 35.5. The Morgan fingerprint density at radius 2 is 1.81 bits per heavy atom. The predicted octanol–water partition coefficient (Wildman–Crippen LogP) is 3.86. The molecule has 0 unspecified atom stereocenters. The van der Waals surface area contributed by atoms with E-state index in [1.165, 1.54) is 12.1 Å². The van der Waals surface area contributed by atoms with E-state index >= 15 is 0 Å². The van der Waals surface area contributed by atoms with Crippen molar-refractivity contribution in [3.63, 3.8) is 0 Å². The number of halogens is 2. The number of nitrogens with one attached hydrogen (secondary N) is 1. The summed E-state index contributed by atoms with van der Waals surface area (Å²) >= 11 is 6.21. The molecule has 0 spiro atoms. The normalized spacial score (nSPS) is 14.4. The van der Waals surface area contributed by atoms with Gasteiger partial charge in [0, 0.05) is 43.4 Å². The number of hydrogen-bond acceptors (Lipinski definition) is 2. The number of anilines is 1. The van der Waals surface area contributed by atoms with Crippen LogP contribution in [0.5, 0.6) is 0 Å². The quantitative estimate of drug-likeness (QED) is 0.880. The molecule has 1 N–H and O–H groups in total. The Hall–Kier alpha value is -2.27. The summed E-state index contributed by atoms with van der Waals surface area (Å²) in [6.45, 7) is 5.44. The first-order chi connectivity index (χ1) is 12.5. The average Bonchev–Trinajstić information content (AvgIpc) is 2.65. The fourth-order valence-electron chi connectivity index (χ4n) is 3.02. The molecule has 0 radical (unpaired) electrons. The van der Waals surface area contributed by atoms with Gasteiger partial charge in [0.1, 0.15) is 5.82 Å². The maximum Gasteiger partial charge on any atom is 0.317 e. The molecule has 0 bridgehead atoms. The van der Waals surface area contributed by atoms with Crippen LogP contribution < -0.4 is 10.2 Å². The largest absolute Gasteiger partial charge is 0.368 e. The van der Waals surface area contributed by atoms with Crippen molar-refractivity contribution in [2.45, 2.75) is 13.3 Å². The van der Waals surface area contributed by atoms with Gasteiger partial charge in [0.05, 0.1) is 0 Å². The van der Waals surface area contributed by atoms with Crippen molar-refractivity contribution in [1.82, 2.24) is 10.2 Å². The molecule has 138 valence electrons. The molecule has 2 amide bonds. The lowest BCUT2D eigenvalue weighted by Crippen LogP contribution is -2.52. The van der Waals surface area contributed by atoms with Gasteiger partial charge in [-0.05, 0) is 48.7 Å². The summed E-state index contributed by atoms with van der Waals surface area (Å²) in [5.74, 6) is -0.245. The van der Waals surface area contributed by atoms with E-state index < -0.39 is 0 Å². The topological polar surface area (TPSA) is 35.6 Å². The van der Waals surface area contributed by atoms with E-state index in [4.69, 9.17) is 11.6 Å². The summed E-state index contributed by atoms with van der Waals surface area (Å²) in [5, 5.41) is 3.71. The summed E-state index contributed by atoms with van der Waals surface area (Å²) < 4.78 is 12.9. The first-order valence-corrected chi connectivity index (χ1v) is 9.19. The first-order valence-electron chi connectivity index (χ1n) is 8.81. The monoisotopic (exact) mass is 375 g/mol. The molecular weight excluding hydrogens is 353 g/mol. The maximum absolute atomic E-state index is 12.9. The van der Waals surface area contributed by atoms with Gasteiger partial charge in [-0.15, -0.1) is 0 Å².